The molecule has 0 saturated carbocycles. The van der Waals surface area contributed by atoms with Gasteiger partial charge in [-0.25, -0.2) is 0 Å². The molecule has 0 radical (unpaired) electrons. The molecule has 29 nitrogen and oxygen atoms in total. The number of nitrogens with zero attached hydrogens (tertiary/aromatic N) is 4. The van der Waals surface area contributed by atoms with Gasteiger partial charge >= 0.3 is 59.7 Å². The van der Waals surface area contributed by atoms with Crippen molar-refractivity contribution >= 4 is 136 Å². The number of carbonyl (C=O) groups is 11. The van der Waals surface area contributed by atoms with E-state index in [4.69, 9.17) is 56.8 Å². The molecule has 7 atom stereocenters. The molecule has 0 fully saturated rings. The van der Waals surface area contributed by atoms with E-state index in [9.17, 15) is 57.8 Å². The van der Waals surface area contributed by atoms with Crippen LogP contribution >= 0.6 is 70.6 Å². The Kier molecular flexibility index (Phi) is 76.5. The monoisotopic (exact) mass is 1790 g/mol. The summed E-state index contributed by atoms with van der Waals surface area (Å²) in [5.74, 6) is -0.890. The first-order valence-corrected chi connectivity index (χ1v) is 50.4. The third-order valence-electron chi connectivity index (χ3n) is 18.5. The highest BCUT2D eigenvalue weighted by molar-refractivity contribution is 8.00. The zero-order valence-electron chi connectivity index (χ0n) is 73.6. The number of aliphatic hydroxyl groups is 1. The van der Waals surface area contributed by atoms with Crippen LogP contribution < -0.4 is 5.32 Å². The molecule has 0 saturated heterocycles. The lowest BCUT2D eigenvalue weighted by atomic mass is 10.1. The number of hydrogen-bond donors (Lipinski definition) is 2. The molecule has 0 amide bonds. The number of nitrogens with one attached hydrogen (secondary N) is 1. The van der Waals surface area contributed by atoms with Crippen LogP contribution in [0.1, 0.15) is 171 Å². The molecule has 0 rings (SSSR count). The number of rotatable bonds is 83. The molecule has 0 aliphatic carbocycles. The molecule has 688 valence electrons. The van der Waals surface area contributed by atoms with Crippen molar-refractivity contribution < 1.29 is 115 Å². The third-order valence-corrected chi connectivity index (χ3v) is 24.5. The van der Waals surface area contributed by atoms with Crippen molar-refractivity contribution in [2.75, 3.05) is 249 Å². The predicted octanol–water partition coefficient (Wildman–Crippen LogP) is 9.93. The van der Waals surface area contributed by atoms with Crippen LogP contribution in [0.4, 0.5) is 0 Å². The summed E-state index contributed by atoms with van der Waals surface area (Å²) in [6, 6.07) is 0. The first-order valence-electron chi connectivity index (χ1n) is 42.6. The molecule has 0 bridgehead atoms. The zero-order valence-corrected chi connectivity index (χ0v) is 78.5. The van der Waals surface area contributed by atoms with Gasteiger partial charge in [-0.3, -0.25) is 52.7 Å². The van der Waals surface area contributed by atoms with Crippen molar-refractivity contribution in [3.05, 3.63) is 0 Å². The van der Waals surface area contributed by atoms with Gasteiger partial charge in [0.15, 0.2) is 12.1 Å². The van der Waals surface area contributed by atoms with Gasteiger partial charge in [-0.05, 0) is 49.4 Å². The van der Waals surface area contributed by atoms with Crippen molar-refractivity contribution in [3.8, 4) is 0 Å². The number of esters is 10. The van der Waals surface area contributed by atoms with Gasteiger partial charge in [-0.15, -0.1) is 0 Å². The average Bonchev–Trinajstić information content (AvgIpc) is 0.936. The Morgan fingerprint density at radius 3 is 0.890 bits per heavy atom. The Morgan fingerprint density at radius 1 is 0.314 bits per heavy atom. The molecular weight excluding hydrogens is 1640 g/mol. The van der Waals surface area contributed by atoms with E-state index in [-0.39, 0.29) is 217 Å². The fourth-order valence-corrected chi connectivity index (χ4v) is 15.9. The van der Waals surface area contributed by atoms with Crippen molar-refractivity contribution in [3.63, 3.8) is 0 Å². The molecule has 2 N–H and O–H groups in total. The molecule has 118 heavy (non-hydrogen) atoms. The lowest BCUT2D eigenvalue weighted by Crippen LogP contribution is -2.43. The maximum Gasteiger partial charge on any atom is 0.309 e. The summed E-state index contributed by atoms with van der Waals surface area (Å²) in [6.45, 7) is 18.0. The van der Waals surface area contributed by atoms with Gasteiger partial charge in [0, 0.05) is 138 Å². The first kappa shape index (κ1) is 114. The van der Waals surface area contributed by atoms with Crippen LogP contribution in [0.25, 0.3) is 0 Å². The highest BCUT2D eigenvalue weighted by atomic mass is 32.2. The molecule has 0 aliphatic heterocycles. The largest absolute Gasteiger partial charge is 0.462 e. The van der Waals surface area contributed by atoms with Gasteiger partial charge in [0.25, 0.3) is 0 Å². The molecule has 0 aliphatic rings. The van der Waals surface area contributed by atoms with Gasteiger partial charge in [-0.2, -0.15) is 70.6 Å². The van der Waals surface area contributed by atoms with E-state index < -0.39 is 54.0 Å². The van der Waals surface area contributed by atoms with E-state index >= 15 is 0 Å². The number of carbonyl (C=O) groups excluding carboxylic acids is 11. The Hall–Kier alpha value is -3.85. The maximum atomic E-state index is 13.5. The Morgan fingerprint density at radius 2 is 0.585 bits per heavy atom. The lowest BCUT2D eigenvalue weighted by molar-refractivity contribution is -0.154. The van der Waals surface area contributed by atoms with Gasteiger partial charge in [-0.1, -0.05) is 120 Å². The average molecular weight is 1800 g/mol. The predicted molar refractivity (Wildman–Crippen MR) is 474 cm³/mol. The molecule has 0 aromatic rings. The van der Waals surface area contributed by atoms with Crippen molar-refractivity contribution in [2.45, 2.75) is 177 Å². The summed E-state index contributed by atoms with van der Waals surface area (Å²) in [5, 5.41) is 13.9. The van der Waals surface area contributed by atoms with Crippen molar-refractivity contribution in [2.24, 2.45) is 35.5 Å². The summed E-state index contributed by atoms with van der Waals surface area (Å²) in [4.78, 5) is 151. The second kappa shape index (κ2) is 79.1. The number of hydrogen-bond acceptors (Lipinski definition) is 35. The van der Waals surface area contributed by atoms with Gasteiger partial charge in [0.05, 0.1) is 74.9 Å². The van der Waals surface area contributed by atoms with E-state index in [1.807, 2.05) is 65.4 Å². The molecule has 0 aromatic carbocycles. The maximum absolute atomic E-state index is 13.5. The minimum Gasteiger partial charge on any atom is -0.462 e. The second-order valence-corrected chi connectivity index (χ2v) is 35.3. The standard InChI is InChI=1S/C83H151N5O24S6/c1-13-15-17-19-21-23-57-117-64-70(7)82(99)111-55-50-104-73(90)26-34-85(33-25-72(89)59-101-45-46-107-78(95)66(3)60-113-9)41-43-87(37-29-77(94)106-51-56-112-83(100)71(8)65-118-58-24-22-20-18-16-14-2)39-31-84-32-40-88(38-30-76(93)105-49-54-110-81(98)69(6)63-116-12)44-42-86(35-27-74(91)102-47-52-108-79(96)67(4)61-114-10)36-28-75(92)103-48-53-109-80(97)68(5)62-115-11/h66-71,78,84,95H,13-65H2,1-12H3. The summed E-state index contributed by atoms with van der Waals surface area (Å²) < 4.78 is 65.6. The fourth-order valence-electron chi connectivity index (χ4n) is 11.2. The molecule has 35 heteroatoms. The van der Waals surface area contributed by atoms with E-state index in [1.165, 1.54) is 99.5 Å². The van der Waals surface area contributed by atoms with Crippen molar-refractivity contribution in [1.29, 1.82) is 0 Å². The normalized spacial score (nSPS) is 13.3. The van der Waals surface area contributed by atoms with Crippen LogP contribution in [-0.2, 0) is 110 Å². The quantitative estimate of drug-likeness (QED) is 0.0247. The molecule has 7 unspecified atom stereocenters. The van der Waals surface area contributed by atoms with E-state index in [0.29, 0.717) is 86.9 Å². The number of aliphatic hydroxyl groups excluding tert-OH is 1. The smallest absolute Gasteiger partial charge is 0.309 e. The number of Topliss-reactive ketones (excluding diaryl/α,β-unsaturated/α-hetero) is 1. The molecule has 0 heterocycles. The summed E-state index contributed by atoms with van der Waals surface area (Å²) in [5.41, 5.74) is 0. The topological polar surface area (TPSA) is 344 Å². The Labute approximate surface area is 732 Å². The van der Waals surface area contributed by atoms with E-state index in [1.54, 1.807) is 56.1 Å². The van der Waals surface area contributed by atoms with Crippen LogP contribution in [0, 0.1) is 35.5 Å². The number of ether oxygens (including phenoxy) is 12. The van der Waals surface area contributed by atoms with E-state index in [0.717, 1.165) is 24.3 Å². The van der Waals surface area contributed by atoms with E-state index in [2.05, 4.69) is 19.2 Å². The zero-order chi connectivity index (χ0) is 87.6. The van der Waals surface area contributed by atoms with Crippen LogP contribution in [0.5, 0.6) is 0 Å². The van der Waals surface area contributed by atoms with Crippen molar-refractivity contribution in [1.82, 2.24) is 24.9 Å². The van der Waals surface area contributed by atoms with Gasteiger partial charge in [0.1, 0.15) is 72.7 Å². The SMILES string of the molecule is CCCCCCCCSCC(C)C(=O)OCCOC(=O)CCN(CCNCCN(CCC(=O)OCCOC(=O)C(C)CSC)CCN(CCC(=O)OCCOC(=O)C(C)CSC)CCC(=O)OCCOC(=O)C(C)CSC)CCN(CCC(=O)COCCOC(O)C(C)CSC)CCC(=O)OCCOC(=O)C(C)CSCCCCCCCC. The third kappa shape index (κ3) is 67.6. The number of unbranched alkanes of at least 4 members (excludes halogenated alkanes) is 10. The van der Waals surface area contributed by atoms with Crippen LogP contribution in [0.15, 0.2) is 0 Å². The number of thioether (sulfide) groups is 6. The van der Waals surface area contributed by atoms with Gasteiger partial charge in [0.2, 0.25) is 0 Å². The minimum atomic E-state index is -0.977. The second-order valence-electron chi connectivity index (χ2n) is 29.4. The lowest BCUT2D eigenvalue weighted by Gasteiger charge is -2.28. The van der Waals surface area contributed by atoms with Crippen LogP contribution in [0.3, 0.4) is 0 Å². The van der Waals surface area contributed by atoms with Gasteiger partial charge < -0.3 is 86.9 Å². The minimum absolute atomic E-state index is 0.0317. The highest BCUT2D eigenvalue weighted by Gasteiger charge is 2.24. The Balaban J connectivity index is 6.83. The van der Waals surface area contributed by atoms with Crippen LogP contribution in [-0.4, -0.2) is 345 Å². The first-order chi connectivity index (χ1) is 56.8. The summed E-state index contributed by atoms with van der Waals surface area (Å²) in [6.07, 6.45) is 20.7. The summed E-state index contributed by atoms with van der Waals surface area (Å²) >= 11 is 9.60. The fraction of sp³-hybridized carbons (Fsp3) is 0.867. The summed E-state index contributed by atoms with van der Waals surface area (Å²) in [7, 11) is 0. The molecular formula is C83H151N5O24S6. The van der Waals surface area contributed by atoms with Crippen LogP contribution in [0.2, 0.25) is 0 Å². The number of ketones is 1. The Bertz CT molecular complexity index is 2590. The molecule has 0 spiro atoms. The highest BCUT2D eigenvalue weighted by Crippen LogP contribution is 2.18. The molecule has 0 aromatic heterocycles.